The van der Waals surface area contributed by atoms with E-state index in [-0.39, 0.29) is 67.4 Å². The Labute approximate surface area is 525 Å². The van der Waals surface area contributed by atoms with Crippen molar-refractivity contribution in [1.82, 2.24) is 49.9 Å². The normalized spacial score (nSPS) is 16.1. The van der Waals surface area contributed by atoms with Gasteiger partial charge in [0.25, 0.3) is 27.7 Å². The number of imide groups is 1. The van der Waals surface area contributed by atoms with Crippen molar-refractivity contribution in [3.8, 4) is 16.9 Å². The summed E-state index contributed by atoms with van der Waals surface area (Å²) in [5, 5.41) is 21.9. The summed E-state index contributed by atoms with van der Waals surface area (Å²) in [6.07, 6.45) is 5.29. The Morgan fingerprint density at radius 3 is 2.38 bits per heavy atom. The first-order valence-electron chi connectivity index (χ1n) is 29.6. The lowest BCUT2D eigenvalue weighted by Crippen LogP contribution is -2.52. The number of nitrogens with one attached hydrogen (secondary N) is 4. The van der Waals surface area contributed by atoms with Gasteiger partial charge in [-0.25, -0.2) is 4.72 Å². The van der Waals surface area contributed by atoms with Gasteiger partial charge in [-0.2, -0.15) is 13.5 Å². The van der Waals surface area contributed by atoms with Crippen molar-refractivity contribution in [3.63, 3.8) is 0 Å². The molecule has 10 rings (SSSR count). The number of fused-ring (bicyclic) bond motifs is 2. The Morgan fingerprint density at radius 2 is 1.64 bits per heavy atom. The quantitative estimate of drug-likeness (QED) is 0.0298. The summed E-state index contributed by atoms with van der Waals surface area (Å²) in [5.74, 6) is -2.17. The molecule has 3 aliphatic heterocycles. The second kappa shape index (κ2) is 27.7. The van der Waals surface area contributed by atoms with Gasteiger partial charge in [0.1, 0.15) is 17.5 Å². The Hall–Kier alpha value is -8.16. The molecule has 6 heterocycles. The number of aromatic nitrogens is 5. The van der Waals surface area contributed by atoms with Gasteiger partial charge < -0.3 is 34.2 Å². The second-order valence-corrected chi connectivity index (χ2v) is 25.0. The van der Waals surface area contributed by atoms with Crippen molar-refractivity contribution in [2.45, 2.75) is 110 Å². The Kier molecular flexibility index (Phi) is 19.9. The molecule has 89 heavy (non-hydrogen) atoms. The molecule has 6 aromatic rings. The molecule has 1 unspecified atom stereocenters. The summed E-state index contributed by atoms with van der Waals surface area (Å²) in [5.41, 5.74) is 10.1. The van der Waals surface area contributed by atoms with Crippen LogP contribution in [0.1, 0.15) is 117 Å². The number of benzene rings is 3. The molecule has 0 saturated carbocycles. The number of hydrogen-bond donors (Lipinski definition) is 4. The average molecular weight is 1280 g/mol. The Bertz CT molecular complexity index is 3900. The number of sulfonamides is 1. The number of piperidine rings is 2. The first-order valence-corrected chi connectivity index (χ1v) is 31.9. The standard InChI is InChI=1S/C63H71Cl2N11O12S/c1-36-30-43(31-37(2)59(36)65)87-26-9-11-45-46-14-15-49(64)57(56-38(3)70-73(6)40(56)5)47(46)32-48(45)60(79)71-89(83,84)55-19-17-52(88-55)62(81)67-33-41-20-24-74(25-21-41)54(78)13-8-23-75-34-42(69-72-75)35-86-29-28-85-27-22-66-50-12-7-10-44-39(4)76(63(82)58(44)50)51-16-18-53(77)68-61(51)80/h7,10,12,14-15,17,19,30-31,34,41,51,66H,4,8-9,11,13,16,18,20-29,32-33,35H2,1-3,5-6H3,(H,67,81)(H,71,79)(H,68,77,80). The highest BCUT2D eigenvalue weighted by Crippen LogP contribution is 2.46. The van der Waals surface area contributed by atoms with Crippen LogP contribution in [0.25, 0.3) is 22.4 Å². The van der Waals surface area contributed by atoms with E-state index >= 15 is 0 Å². The number of furan rings is 1. The van der Waals surface area contributed by atoms with Crippen LogP contribution in [0.15, 0.2) is 82.5 Å². The summed E-state index contributed by atoms with van der Waals surface area (Å²) in [6, 6.07) is 14.3. The number of carbonyl (C=O) groups excluding carboxylic acids is 6. The average Bonchev–Trinajstić information content (AvgIpc) is 1.64. The third-order valence-electron chi connectivity index (χ3n) is 16.6. The molecule has 2 fully saturated rings. The zero-order valence-corrected chi connectivity index (χ0v) is 52.6. The van der Waals surface area contributed by atoms with Crippen LogP contribution in [0.3, 0.4) is 0 Å². The minimum atomic E-state index is -4.60. The smallest absolute Gasteiger partial charge is 0.297 e. The monoisotopic (exact) mass is 1280 g/mol. The number of rotatable bonds is 26. The van der Waals surface area contributed by atoms with Crippen molar-refractivity contribution in [1.29, 1.82) is 0 Å². The molecule has 0 bridgehead atoms. The molecule has 1 aliphatic carbocycles. The van der Waals surface area contributed by atoms with Gasteiger partial charge in [0.15, 0.2) is 5.76 Å². The van der Waals surface area contributed by atoms with E-state index < -0.39 is 38.9 Å². The number of aryl methyl sites for hydroxylation is 5. The summed E-state index contributed by atoms with van der Waals surface area (Å²) in [4.78, 5) is 81.7. The molecule has 4 aliphatic rings. The van der Waals surface area contributed by atoms with Crippen molar-refractivity contribution in [2.24, 2.45) is 13.0 Å². The lowest BCUT2D eigenvalue weighted by Gasteiger charge is -2.32. The summed E-state index contributed by atoms with van der Waals surface area (Å²) < 4.78 is 56.5. The van der Waals surface area contributed by atoms with Gasteiger partial charge in [-0.1, -0.05) is 53.2 Å². The van der Waals surface area contributed by atoms with Crippen LogP contribution in [-0.2, 0) is 65.3 Å². The minimum absolute atomic E-state index is 0.0187. The van der Waals surface area contributed by atoms with Crippen LogP contribution < -0.4 is 25.4 Å². The van der Waals surface area contributed by atoms with E-state index in [1.54, 1.807) is 39.8 Å². The predicted molar refractivity (Wildman–Crippen MR) is 331 cm³/mol. The molecule has 470 valence electrons. The van der Waals surface area contributed by atoms with E-state index in [0.717, 1.165) is 50.8 Å². The summed E-state index contributed by atoms with van der Waals surface area (Å²) in [6.45, 7) is 15.4. The lowest BCUT2D eigenvalue weighted by atomic mass is 9.93. The van der Waals surface area contributed by atoms with E-state index in [4.69, 9.17) is 41.8 Å². The maximum atomic E-state index is 14.3. The van der Waals surface area contributed by atoms with Crippen molar-refractivity contribution < 1.29 is 55.8 Å². The van der Waals surface area contributed by atoms with Gasteiger partial charge in [0.2, 0.25) is 22.8 Å². The van der Waals surface area contributed by atoms with Gasteiger partial charge in [-0.05, 0) is 136 Å². The number of halogens is 2. The number of allylic oxidation sites excluding steroid dienone is 1. The molecule has 3 aromatic heterocycles. The van der Waals surface area contributed by atoms with E-state index in [2.05, 4.69) is 42.7 Å². The molecule has 2 saturated heterocycles. The largest absolute Gasteiger partial charge is 0.494 e. The zero-order valence-electron chi connectivity index (χ0n) is 50.3. The fraction of sp³-hybridized carbons (Fsp3) is 0.413. The van der Waals surface area contributed by atoms with Crippen LogP contribution in [0.2, 0.25) is 10.0 Å². The van der Waals surface area contributed by atoms with E-state index in [9.17, 15) is 37.2 Å². The van der Waals surface area contributed by atoms with E-state index in [1.807, 2.05) is 57.8 Å². The molecule has 23 nitrogen and oxygen atoms in total. The second-order valence-electron chi connectivity index (χ2n) is 22.6. The van der Waals surface area contributed by atoms with Gasteiger partial charge in [-0.15, -0.1) is 5.10 Å². The molecule has 4 N–H and O–H groups in total. The zero-order chi connectivity index (χ0) is 63.3. The van der Waals surface area contributed by atoms with E-state index in [0.29, 0.717) is 141 Å². The number of nitrogens with zero attached hydrogens (tertiary/aromatic N) is 7. The van der Waals surface area contributed by atoms with Gasteiger partial charge >= 0.3 is 0 Å². The third kappa shape index (κ3) is 14.3. The number of hydrogen-bond acceptors (Lipinski definition) is 16. The predicted octanol–water partition coefficient (Wildman–Crippen LogP) is 7.81. The summed E-state index contributed by atoms with van der Waals surface area (Å²) >= 11 is 13.3. The fourth-order valence-corrected chi connectivity index (χ4v) is 13.2. The molecule has 26 heteroatoms. The lowest BCUT2D eigenvalue weighted by molar-refractivity contribution is -0.136. The fourth-order valence-electron chi connectivity index (χ4n) is 11.9. The van der Waals surface area contributed by atoms with Crippen molar-refractivity contribution in [3.05, 3.63) is 139 Å². The molecule has 1 atom stereocenters. The van der Waals surface area contributed by atoms with Crippen LogP contribution >= 0.6 is 23.2 Å². The van der Waals surface area contributed by atoms with Gasteiger partial charge in [-0.3, -0.25) is 48.3 Å². The first-order chi connectivity index (χ1) is 42.7. The maximum absolute atomic E-state index is 14.3. The van der Waals surface area contributed by atoms with Crippen LogP contribution in [0.5, 0.6) is 5.75 Å². The number of amides is 6. The molecule has 0 radical (unpaired) electrons. The molecular formula is C63H71Cl2N11O12S. The van der Waals surface area contributed by atoms with Gasteiger partial charge in [0.05, 0.1) is 50.5 Å². The van der Waals surface area contributed by atoms with Crippen LogP contribution in [-0.4, -0.2) is 137 Å². The maximum Gasteiger partial charge on any atom is 0.297 e. The number of ether oxygens (including phenoxy) is 3. The SMILES string of the molecule is C=C1c2cccc(NCCOCCOCc3cn(CCCC(=O)N4CCC(CNC(=O)c5ccc(S(=O)(=O)NC(=O)C6=C(CCCOc7cc(C)c(Cl)c(C)c7)c7ccc(Cl)c(-c8c(C)nn(C)c8C)c7C6)o5)CC4)nn3)c2C(=O)N1C1CCC(=O)NC1=O. The molecule has 3 aromatic carbocycles. The highest BCUT2D eigenvalue weighted by atomic mass is 35.5. The Morgan fingerprint density at radius 1 is 0.876 bits per heavy atom. The highest BCUT2D eigenvalue weighted by Gasteiger charge is 2.43. The molecule has 6 amide bonds. The number of likely N-dealkylation sites (tertiary alicyclic amines) is 1. The number of carbonyl (C=O) groups is 6. The van der Waals surface area contributed by atoms with E-state index in [1.165, 1.54) is 11.0 Å². The van der Waals surface area contributed by atoms with Crippen molar-refractivity contribution in [2.75, 3.05) is 57.9 Å². The van der Waals surface area contributed by atoms with Crippen molar-refractivity contribution >= 4 is 85.6 Å². The summed E-state index contributed by atoms with van der Waals surface area (Å²) in [7, 11) is -2.75. The van der Waals surface area contributed by atoms with Crippen LogP contribution in [0.4, 0.5) is 5.69 Å². The minimum Gasteiger partial charge on any atom is -0.494 e. The van der Waals surface area contributed by atoms with Crippen LogP contribution in [0, 0.1) is 33.6 Å². The Balaban J connectivity index is 0.628. The molecular weight excluding hydrogens is 1210 g/mol. The number of anilines is 1. The molecule has 0 spiro atoms. The highest BCUT2D eigenvalue weighted by molar-refractivity contribution is 7.90. The van der Waals surface area contributed by atoms with Gasteiger partial charge in [0, 0.05) is 108 Å². The topological polar surface area (TPSA) is 281 Å². The third-order valence-corrected chi connectivity index (χ3v) is 18.7. The first kappa shape index (κ1) is 63.8.